The molecule has 0 spiro atoms. The van der Waals surface area contributed by atoms with Gasteiger partial charge in [-0.3, -0.25) is 10.1 Å². The summed E-state index contributed by atoms with van der Waals surface area (Å²) in [6.07, 6.45) is 1.26. The van der Waals surface area contributed by atoms with E-state index >= 15 is 0 Å². The molecule has 7 heteroatoms. The van der Waals surface area contributed by atoms with E-state index in [1.807, 2.05) is 20.2 Å². The number of nitro groups is 1. The van der Waals surface area contributed by atoms with Crippen LogP contribution in [-0.4, -0.2) is 35.4 Å². The maximum Gasteiger partial charge on any atom is 0.287 e. The van der Waals surface area contributed by atoms with Crippen molar-refractivity contribution in [1.82, 2.24) is 9.88 Å². The monoisotopic (exact) mass is 292 g/mol. The number of likely N-dealkylation sites (N-methyl/N-ethyl adjacent to an activating group) is 1. The van der Waals surface area contributed by atoms with Crippen molar-refractivity contribution in [3.05, 3.63) is 50.8 Å². The third-order valence-electron chi connectivity index (χ3n) is 2.93. The van der Waals surface area contributed by atoms with Crippen LogP contribution in [0.1, 0.15) is 10.9 Å². The maximum atomic E-state index is 10.6. The number of rotatable bonds is 6. The first-order chi connectivity index (χ1) is 9.58. The van der Waals surface area contributed by atoms with Crippen LogP contribution in [0.15, 0.2) is 35.8 Å². The van der Waals surface area contributed by atoms with Crippen LogP contribution in [0.4, 0.5) is 11.5 Å². The molecule has 2 aromatic rings. The van der Waals surface area contributed by atoms with E-state index in [4.69, 9.17) is 0 Å². The quantitative estimate of drug-likeness (QED) is 0.655. The minimum absolute atomic E-state index is 0.00188. The number of hydrogen-bond donors (Lipinski definition) is 1. The summed E-state index contributed by atoms with van der Waals surface area (Å²) in [4.78, 5) is 17.6. The van der Waals surface area contributed by atoms with Gasteiger partial charge >= 0.3 is 0 Å². The van der Waals surface area contributed by atoms with Crippen molar-refractivity contribution in [1.29, 1.82) is 0 Å². The Balaban J connectivity index is 2.01. The molecule has 0 aliphatic rings. The zero-order valence-electron chi connectivity index (χ0n) is 11.3. The average molecular weight is 292 g/mol. The fourth-order valence-electron chi connectivity index (χ4n) is 1.82. The predicted octanol–water partition coefficient (Wildman–Crippen LogP) is 2.77. The highest BCUT2D eigenvalue weighted by atomic mass is 32.1. The summed E-state index contributed by atoms with van der Waals surface area (Å²) in [5, 5.41) is 15.8. The zero-order chi connectivity index (χ0) is 14.5. The van der Waals surface area contributed by atoms with Crippen LogP contribution in [0.5, 0.6) is 0 Å². The van der Waals surface area contributed by atoms with Gasteiger partial charge < -0.3 is 10.2 Å². The van der Waals surface area contributed by atoms with Crippen molar-refractivity contribution < 1.29 is 4.92 Å². The molecule has 1 unspecified atom stereocenters. The second-order valence-electron chi connectivity index (χ2n) is 4.53. The fourth-order valence-corrected chi connectivity index (χ4v) is 2.74. The molecule has 0 aliphatic carbocycles. The van der Waals surface area contributed by atoms with Crippen LogP contribution in [-0.2, 0) is 0 Å². The Morgan fingerprint density at radius 1 is 1.45 bits per heavy atom. The van der Waals surface area contributed by atoms with Crippen LogP contribution < -0.4 is 5.32 Å². The van der Waals surface area contributed by atoms with Crippen molar-refractivity contribution in [3.63, 3.8) is 0 Å². The molecule has 1 N–H and O–H groups in total. The third kappa shape index (κ3) is 3.52. The van der Waals surface area contributed by atoms with Gasteiger partial charge in [0.2, 0.25) is 0 Å². The standard InChI is InChI=1S/C13H16N4O2S/c1-16(2)11(12-4-3-7-20-12)9-15-13-6-5-10(8-14-13)17(18)19/h3-8,11H,9H2,1-2H3,(H,14,15). The summed E-state index contributed by atoms with van der Waals surface area (Å²) >= 11 is 1.71. The van der Waals surface area contributed by atoms with E-state index in [2.05, 4.69) is 26.6 Å². The number of nitrogens with one attached hydrogen (secondary N) is 1. The lowest BCUT2D eigenvalue weighted by Crippen LogP contribution is -2.26. The number of anilines is 1. The summed E-state index contributed by atoms with van der Waals surface area (Å²) in [5.74, 6) is 0.638. The Labute approximate surface area is 121 Å². The van der Waals surface area contributed by atoms with Gasteiger partial charge in [-0.05, 0) is 31.6 Å². The summed E-state index contributed by atoms with van der Waals surface area (Å²) in [5.41, 5.74) is -0.00188. The van der Waals surface area contributed by atoms with Crippen molar-refractivity contribution in [2.24, 2.45) is 0 Å². The van der Waals surface area contributed by atoms with E-state index < -0.39 is 4.92 Å². The molecule has 2 heterocycles. The lowest BCUT2D eigenvalue weighted by Gasteiger charge is -2.23. The van der Waals surface area contributed by atoms with Gasteiger partial charge in [0.25, 0.3) is 5.69 Å². The minimum Gasteiger partial charge on any atom is -0.368 e. The van der Waals surface area contributed by atoms with Crippen LogP contribution in [0.3, 0.4) is 0 Å². The van der Waals surface area contributed by atoms with Gasteiger partial charge in [0, 0.05) is 17.5 Å². The molecule has 1 atom stereocenters. The number of nitrogens with zero attached hydrogens (tertiary/aromatic N) is 3. The van der Waals surface area contributed by atoms with Gasteiger partial charge in [0.1, 0.15) is 12.0 Å². The number of hydrogen-bond acceptors (Lipinski definition) is 6. The normalized spacial score (nSPS) is 12.3. The lowest BCUT2D eigenvalue weighted by atomic mass is 10.2. The van der Waals surface area contributed by atoms with Crippen LogP contribution in [0.2, 0.25) is 0 Å². The lowest BCUT2D eigenvalue weighted by molar-refractivity contribution is -0.385. The van der Waals surface area contributed by atoms with E-state index in [0.717, 1.165) is 0 Å². The molecule has 2 aromatic heterocycles. The van der Waals surface area contributed by atoms with Gasteiger partial charge in [-0.2, -0.15) is 0 Å². The molecule has 0 aromatic carbocycles. The Bertz CT molecular complexity index is 554. The van der Waals surface area contributed by atoms with Crippen LogP contribution in [0.25, 0.3) is 0 Å². The Kier molecular flexibility index (Phi) is 4.65. The predicted molar refractivity (Wildman–Crippen MR) is 80.1 cm³/mol. The molecular weight excluding hydrogens is 276 g/mol. The number of thiophene rings is 1. The Morgan fingerprint density at radius 2 is 2.25 bits per heavy atom. The van der Waals surface area contributed by atoms with Crippen LogP contribution in [0, 0.1) is 10.1 Å². The first-order valence-electron chi connectivity index (χ1n) is 6.12. The second kappa shape index (κ2) is 6.44. The molecule has 106 valence electrons. The van der Waals surface area contributed by atoms with E-state index in [0.29, 0.717) is 12.4 Å². The van der Waals surface area contributed by atoms with E-state index in [-0.39, 0.29) is 11.7 Å². The van der Waals surface area contributed by atoms with E-state index in [1.165, 1.54) is 17.1 Å². The van der Waals surface area contributed by atoms with Gasteiger partial charge in [-0.15, -0.1) is 11.3 Å². The van der Waals surface area contributed by atoms with Gasteiger partial charge in [-0.25, -0.2) is 4.98 Å². The molecular formula is C13H16N4O2S. The third-order valence-corrected chi connectivity index (χ3v) is 3.90. The Morgan fingerprint density at radius 3 is 2.75 bits per heavy atom. The van der Waals surface area contributed by atoms with Crippen molar-refractivity contribution in [2.45, 2.75) is 6.04 Å². The highest BCUT2D eigenvalue weighted by Crippen LogP contribution is 2.23. The SMILES string of the molecule is CN(C)C(CNc1ccc([N+](=O)[O-])cn1)c1cccs1. The van der Waals surface area contributed by atoms with Crippen molar-refractivity contribution >= 4 is 22.8 Å². The highest BCUT2D eigenvalue weighted by molar-refractivity contribution is 7.10. The minimum atomic E-state index is -0.453. The highest BCUT2D eigenvalue weighted by Gasteiger charge is 2.15. The van der Waals surface area contributed by atoms with E-state index in [1.54, 1.807) is 17.4 Å². The first kappa shape index (κ1) is 14.4. The summed E-state index contributed by atoms with van der Waals surface area (Å²) in [6.45, 7) is 0.693. The molecule has 0 saturated heterocycles. The Hall–Kier alpha value is -1.99. The largest absolute Gasteiger partial charge is 0.368 e. The molecule has 0 bridgehead atoms. The number of aromatic nitrogens is 1. The molecule has 20 heavy (non-hydrogen) atoms. The molecule has 0 fully saturated rings. The number of pyridine rings is 1. The van der Waals surface area contributed by atoms with Crippen molar-refractivity contribution in [3.8, 4) is 0 Å². The topological polar surface area (TPSA) is 71.3 Å². The van der Waals surface area contributed by atoms with Crippen LogP contribution >= 0.6 is 11.3 Å². The zero-order valence-corrected chi connectivity index (χ0v) is 12.1. The molecule has 0 radical (unpaired) electrons. The first-order valence-corrected chi connectivity index (χ1v) is 7.00. The van der Waals surface area contributed by atoms with E-state index in [9.17, 15) is 10.1 Å². The molecule has 0 amide bonds. The summed E-state index contributed by atoms with van der Waals surface area (Å²) in [6, 6.07) is 7.44. The van der Waals surface area contributed by atoms with Gasteiger partial charge in [0.15, 0.2) is 0 Å². The smallest absolute Gasteiger partial charge is 0.287 e. The second-order valence-corrected chi connectivity index (χ2v) is 5.51. The summed E-state index contributed by atoms with van der Waals surface area (Å²) in [7, 11) is 4.05. The summed E-state index contributed by atoms with van der Waals surface area (Å²) < 4.78 is 0. The average Bonchev–Trinajstić information content (AvgIpc) is 2.93. The molecule has 2 rings (SSSR count). The van der Waals surface area contributed by atoms with Gasteiger partial charge in [-0.1, -0.05) is 6.07 Å². The van der Waals surface area contributed by atoms with Crippen molar-refractivity contribution in [2.75, 3.05) is 26.0 Å². The fraction of sp³-hybridized carbons (Fsp3) is 0.308. The van der Waals surface area contributed by atoms with Gasteiger partial charge in [0.05, 0.1) is 11.0 Å². The molecule has 0 aliphatic heterocycles. The maximum absolute atomic E-state index is 10.6. The molecule has 0 saturated carbocycles. The molecule has 6 nitrogen and oxygen atoms in total.